The Hall–Kier alpha value is -3.48. The zero-order chi connectivity index (χ0) is 22.1. The van der Waals surface area contributed by atoms with Gasteiger partial charge in [-0.2, -0.15) is 0 Å². The normalized spacial score (nSPS) is 17.3. The summed E-state index contributed by atoms with van der Waals surface area (Å²) in [4.78, 5) is 25.7. The number of methoxy groups -OCH3 is 1. The van der Waals surface area contributed by atoms with E-state index < -0.39 is 23.6 Å². The summed E-state index contributed by atoms with van der Waals surface area (Å²) in [5, 5.41) is 0.626. The molecule has 2 atom stereocenters. The summed E-state index contributed by atoms with van der Waals surface area (Å²) in [6.45, 7) is 5.75. The van der Waals surface area contributed by atoms with E-state index in [2.05, 4.69) is 0 Å². The number of ether oxygens (including phenoxy) is 4. The number of hydrogen-bond acceptors (Lipinski definition) is 7. The Labute approximate surface area is 179 Å². The van der Waals surface area contributed by atoms with E-state index in [4.69, 9.17) is 23.4 Å². The average molecular weight is 424 g/mol. The number of carbonyl (C=O) groups is 1. The van der Waals surface area contributed by atoms with Gasteiger partial charge in [-0.3, -0.25) is 0 Å². The van der Waals surface area contributed by atoms with Crippen molar-refractivity contribution in [1.82, 2.24) is 0 Å². The summed E-state index contributed by atoms with van der Waals surface area (Å²) in [6.07, 6.45) is -1.06. The van der Waals surface area contributed by atoms with E-state index in [0.717, 1.165) is 0 Å². The van der Waals surface area contributed by atoms with Crippen molar-refractivity contribution in [2.45, 2.75) is 38.9 Å². The Kier molecular flexibility index (Phi) is 5.59. The summed E-state index contributed by atoms with van der Waals surface area (Å²) < 4.78 is 28.1. The fourth-order valence-corrected chi connectivity index (χ4v) is 3.86. The molecule has 1 aromatic heterocycles. The van der Waals surface area contributed by atoms with Crippen LogP contribution in [0.5, 0.6) is 17.2 Å². The molecule has 4 rings (SSSR count). The van der Waals surface area contributed by atoms with Gasteiger partial charge in [-0.15, -0.1) is 0 Å². The van der Waals surface area contributed by atoms with Crippen molar-refractivity contribution in [3.63, 3.8) is 0 Å². The highest BCUT2D eigenvalue weighted by Gasteiger charge is 2.45. The molecule has 0 saturated heterocycles. The van der Waals surface area contributed by atoms with E-state index in [1.807, 2.05) is 19.9 Å². The molecular weight excluding hydrogens is 400 g/mol. The Morgan fingerprint density at radius 1 is 1.13 bits per heavy atom. The van der Waals surface area contributed by atoms with Crippen molar-refractivity contribution < 1.29 is 28.2 Å². The lowest BCUT2D eigenvalue weighted by Crippen LogP contribution is -2.32. The van der Waals surface area contributed by atoms with Crippen LogP contribution in [-0.4, -0.2) is 31.9 Å². The second-order valence-corrected chi connectivity index (χ2v) is 7.47. The minimum atomic E-state index is -1.02. The lowest BCUT2D eigenvalue weighted by atomic mass is 9.88. The van der Waals surface area contributed by atoms with Crippen molar-refractivity contribution in [3.05, 3.63) is 64.0 Å². The van der Waals surface area contributed by atoms with Crippen molar-refractivity contribution in [1.29, 1.82) is 0 Å². The van der Waals surface area contributed by atoms with E-state index in [0.29, 0.717) is 33.8 Å². The van der Waals surface area contributed by atoms with Gasteiger partial charge in [-0.1, -0.05) is 18.2 Å². The summed E-state index contributed by atoms with van der Waals surface area (Å²) in [5.74, 6) is 0.146. The molecule has 1 aliphatic rings. The topological polar surface area (TPSA) is 84.2 Å². The molecule has 2 heterocycles. The first-order valence-corrected chi connectivity index (χ1v) is 10.2. The van der Waals surface area contributed by atoms with Crippen molar-refractivity contribution in [3.8, 4) is 17.2 Å². The number of esters is 1. The Bertz CT molecular complexity index is 1180. The molecule has 31 heavy (non-hydrogen) atoms. The zero-order valence-electron chi connectivity index (χ0n) is 17.8. The fraction of sp³-hybridized carbons (Fsp3) is 0.333. The molecule has 0 fully saturated rings. The molecular formula is C24H24O7. The lowest BCUT2D eigenvalue weighted by Gasteiger charge is -2.20. The van der Waals surface area contributed by atoms with Crippen LogP contribution < -0.4 is 19.8 Å². The SMILES string of the molecule is CCOC(=O)[C@@H]1Oc2c(c(=O)oc3ccccc23)[C@@H]1c1ccc(OC(C)C)c(OC)c1. The summed E-state index contributed by atoms with van der Waals surface area (Å²) in [7, 11) is 1.54. The lowest BCUT2D eigenvalue weighted by molar-refractivity contribution is -0.151. The first-order chi connectivity index (χ1) is 14.9. The summed E-state index contributed by atoms with van der Waals surface area (Å²) in [5.41, 5.74) is 0.795. The van der Waals surface area contributed by atoms with Gasteiger partial charge in [0.25, 0.3) is 0 Å². The van der Waals surface area contributed by atoms with Crippen LogP contribution in [0.1, 0.15) is 37.8 Å². The minimum absolute atomic E-state index is 0.0408. The van der Waals surface area contributed by atoms with Crippen LogP contribution in [0.3, 0.4) is 0 Å². The highest BCUT2D eigenvalue weighted by atomic mass is 16.6. The van der Waals surface area contributed by atoms with Gasteiger partial charge < -0.3 is 23.4 Å². The molecule has 0 spiro atoms. The number of para-hydroxylation sites is 1. The van der Waals surface area contributed by atoms with Gasteiger partial charge >= 0.3 is 11.6 Å². The molecule has 0 bridgehead atoms. The molecule has 3 aromatic rings. The molecule has 0 unspecified atom stereocenters. The maximum atomic E-state index is 12.9. The van der Waals surface area contributed by atoms with Crippen LogP contribution in [0.25, 0.3) is 11.0 Å². The third-order valence-electron chi connectivity index (χ3n) is 5.09. The third-order valence-corrected chi connectivity index (χ3v) is 5.09. The minimum Gasteiger partial charge on any atom is -0.493 e. The van der Waals surface area contributed by atoms with Crippen LogP contribution in [-0.2, 0) is 9.53 Å². The Morgan fingerprint density at radius 2 is 1.90 bits per heavy atom. The molecule has 0 amide bonds. The molecule has 1 aliphatic heterocycles. The Morgan fingerprint density at radius 3 is 2.61 bits per heavy atom. The quantitative estimate of drug-likeness (QED) is 0.436. The molecule has 7 nitrogen and oxygen atoms in total. The van der Waals surface area contributed by atoms with E-state index in [9.17, 15) is 9.59 Å². The van der Waals surface area contributed by atoms with Gasteiger partial charge in [0.1, 0.15) is 11.3 Å². The molecule has 2 aromatic carbocycles. The highest BCUT2D eigenvalue weighted by molar-refractivity contribution is 5.88. The van der Waals surface area contributed by atoms with Crippen molar-refractivity contribution >= 4 is 16.9 Å². The predicted molar refractivity (Wildman–Crippen MR) is 114 cm³/mol. The summed E-state index contributed by atoms with van der Waals surface area (Å²) >= 11 is 0. The Balaban J connectivity index is 1.90. The van der Waals surface area contributed by atoms with Crippen molar-refractivity contribution in [2.75, 3.05) is 13.7 Å². The van der Waals surface area contributed by atoms with E-state index in [1.165, 1.54) is 7.11 Å². The highest BCUT2D eigenvalue weighted by Crippen LogP contribution is 2.46. The average Bonchev–Trinajstić information content (AvgIpc) is 3.16. The van der Waals surface area contributed by atoms with E-state index in [1.54, 1.807) is 43.3 Å². The van der Waals surface area contributed by atoms with Crippen LogP contribution in [0.4, 0.5) is 0 Å². The molecule has 7 heteroatoms. The largest absolute Gasteiger partial charge is 0.493 e. The van der Waals surface area contributed by atoms with Gasteiger partial charge in [-0.25, -0.2) is 9.59 Å². The first kappa shape index (κ1) is 20.8. The molecule has 0 N–H and O–H groups in total. The van der Waals surface area contributed by atoms with Gasteiger partial charge in [-0.05, 0) is 50.6 Å². The molecule has 162 valence electrons. The smallest absolute Gasteiger partial charge is 0.348 e. The summed E-state index contributed by atoms with van der Waals surface area (Å²) in [6, 6.07) is 12.4. The van der Waals surface area contributed by atoms with Gasteiger partial charge in [0.2, 0.25) is 6.10 Å². The number of rotatable bonds is 6. The predicted octanol–water partition coefficient (Wildman–Crippen LogP) is 4.04. The second-order valence-electron chi connectivity index (χ2n) is 7.47. The van der Waals surface area contributed by atoms with Crippen LogP contribution in [0.2, 0.25) is 0 Å². The van der Waals surface area contributed by atoms with Gasteiger partial charge in [0.05, 0.1) is 36.7 Å². The number of benzene rings is 2. The standard InChI is InChI=1S/C24H24O7/c1-5-28-24(26)22-19(14-10-11-17(29-13(2)3)18(12-14)27-4)20-21(31-22)15-8-6-7-9-16(15)30-23(20)25/h6-13,19,22H,5H2,1-4H3/t19-,22+/m0/s1. The van der Waals surface area contributed by atoms with Gasteiger partial charge in [0, 0.05) is 0 Å². The van der Waals surface area contributed by atoms with Crippen LogP contribution in [0.15, 0.2) is 51.7 Å². The molecule has 0 radical (unpaired) electrons. The maximum absolute atomic E-state index is 12.9. The zero-order valence-corrected chi connectivity index (χ0v) is 17.8. The van der Waals surface area contributed by atoms with Crippen LogP contribution >= 0.6 is 0 Å². The van der Waals surface area contributed by atoms with E-state index in [-0.39, 0.29) is 18.3 Å². The van der Waals surface area contributed by atoms with Crippen molar-refractivity contribution in [2.24, 2.45) is 0 Å². The maximum Gasteiger partial charge on any atom is 0.348 e. The number of hydrogen-bond donors (Lipinski definition) is 0. The molecule has 0 saturated carbocycles. The third kappa shape index (κ3) is 3.71. The second kappa shape index (κ2) is 8.34. The number of carbonyl (C=O) groups excluding carboxylic acids is 1. The number of fused-ring (bicyclic) bond motifs is 3. The van der Waals surface area contributed by atoms with Gasteiger partial charge in [0.15, 0.2) is 11.5 Å². The fourth-order valence-electron chi connectivity index (χ4n) is 3.86. The molecule has 0 aliphatic carbocycles. The first-order valence-electron chi connectivity index (χ1n) is 10.2. The van der Waals surface area contributed by atoms with Crippen LogP contribution in [0, 0.1) is 0 Å². The monoisotopic (exact) mass is 424 g/mol. The van der Waals surface area contributed by atoms with E-state index >= 15 is 0 Å².